The Morgan fingerprint density at radius 3 is 2.10 bits per heavy atom. The first kappa shape index (κ1) is 23.3. The highest BCUT2D eigenvalue weighted by Gasteiger charge is 2.35. The number of para-hydroxylation sites is 1. The summed E-state index contributed by atoms with van der Waals surface area (Å²) < 4.78 is 4.72. The first-order valence-electron chi connectivity index (χ1n) is 14.6. The minimum atomic E-state index is 0.189. The predicted molar refractivity (Wildman–Crippen MR) is 173 cm³/mol. The Morgan fingerprint density at radius 1 is 0.452 bits per heavy atom. The predicted octanol–water partition coefficient (Wildman–Crippen LogP) is 9.51. The van der Waals surface area contributed by atoms with Gasteiger partial charge in [-0.25, -0.2) is 0 Å². The van der Waals surface area contributed by atoms with Crippen molar-refractivity contribution in [1.29, 1.82) is 0 Å². The Balaban J connectivity index is 1.22. The molecule has 2 aromatic heterocycles. The molecule has 6 aromatic carbocycles. The molecular weight excluding hydrogens is 508 g/mol. The number of hydrogen-bond donors (Lipinski definition) is 0. The third-order valence-electron chi connectivity index (χ3n) is 8.93. The normalized spacial score (nSPS) is 14.0. The lowest BCUT2D eigenvalue weighted by atomic mass is 9.97. The minimum absolute atomic E-state index is 0.189. The van der Waals surface area contributed by atoms with Crippen molar-refractivity contribution in [3.63, 3.8) is 0 Å². The molecule has 0 spiro atoms. The van der Waals surface area contributed by atoms with E-state index >= 15 is 0 Å². The maximum Gasteiger partial charge on any atom is 0.210 e. The molecule has 1 unspecified atom stereocenters. The third kappa shape index (κ3) is 3.42. The molecule has 0 amide bonds. The molecule has 1 aliphatic carbocycles. The van der Waals surface area contributed by atoms with Crippen molar-refractivity contribution in [3.05, 3.63) is 169 Å². The molecule has 8 aromatic rings. The summed E-state index contributed by atoms with van der Waals surface area (Å²) in [6.45, 7) is 0. The van der Waals surface area contributed by atoms with E-state index in [-0.39, 0.29) is 6.04 Å². The topological polar surface area (TPSA) is 8.81 Å². The fraction of sp³-hybridized carbons (Fsp3) is 0.0250. The Morgan fingerprint density at radius 2 is 1.17 bits per heavy atom. The number of nitrogens with zero attached hydrogens (tertiary/aromatic N) is 2. The molecule has 9 rings (SSSR count). The van der Waals surface area contributed by atoms with Crippen LogP contribution in [0.2, 0.25) is 0 Å². The maximum atomic E-state index is 2.40. The van der Waals surface area contributed by atoms with Gasteiger partial charge in [0.15, 0.2) is 12.4 Å². The van der Waals surface area contributed by atoms with Gasteiger partial charge in [-0.15, -0.1) is 0 Å². The lowest BCUT2D eigenvalue weighted by Crippen LogP contribution is -2.38. The quantitative estimate of drug-likeness (QED) is 0.199. The van der Waals surface area contributed by atoms with Gasteiger partial charge in [-0.2, -0.15) is 4.57 Å². The van der Waals surface area contributed by atoms with E-state index in [1.54, 1.807) is 0 Å². The molecule has 42 heavy (non-hydrogen) atoms. The van der Waals surface area contributed by atoms with Crippen LogP contribution in [0.1, 0.15) is 17.2 Å². The van der Waals surface area contributed by atoms with Crippen LogP contribution in [-0.4, -0.2) is 4.57 Å². The highest BCUT2D eigenvalue weighted by molar-refractivity contribution is 6.10. The van der Waals surface area contributed by atoms with E-state index in [0.717, 1.165) is 0 Å². The molecule has 2 nitrogen and oxygen atoms in total. The molecule has 0 bridgehead atoms. The summed E-state index contributed by atoms with van der Waals surface area (Å²) in [7, 11) is 0. The number of fused-ring (bicyclic) bond motifs is 7. The van der Waals surface area contributed by atoms with Gasteiger partial charge in [0.25, 0.3) is 0 Å². The molecule has 0 saturated carbocycles. The maximum absolute atomic E-state index is 2.40. The van der Waals surface area contributed by atoms with E-state index in [4.69, 9.17) is 0 Å². The van der Waals surface area contributed by atoms with Crippen molar-refractivity contribution in [3.8, 4) is 27.9 Å². The molecule has 2 heteroatoms. The lowest BCUT2D eigenvalue weighted by Gasteiger charge is -2.11. The third-order valence-corrected chi connectivity index (χ3v) is 8.93. The van der Waals surface area contributed by atoms with Crippen LogP contribution >= 0.6 is 0 Å². The van der Waals surface area contributed by atoms with Crippen LogP contribution in [-0.2, 0) is 0 Å². The van der Waals surface area contributed by atoms with Gasteiger partial charge in [-0.1, -0.05) is 97.1 Å². The van der Waals surface area contributed by atoms with Gasteiger partial charge in [0.05, 0.1) is 11.0 Å². The van der Waals surface area contributed by atoms with Crippen LogP contribution < -0.4 is 4.57 Å². The molecule has 1 aliphatic rings. The van der Waals surface area contributed by atoms with E-state index in [1.807, 2.05) is 0 Å². The van der Waals surface area contributed by atoms with Gasteiger partial charge < -0.3 is 4.57 Å². The van der Waals surface area contributed by atoms with Gasteiger partial charge >= 0.3 is 0 Å². The van der Waals surface area contributed by atoms with Crippen molar-refractivity contribution < 1.29 is 4.57 Å². The van der Waals surface area contributed by atoms with Gasteiger partial charge in [0, 0.05) is 39.7 Å². The second-order valence-corrected chi connectivity index (χ2v) is 11.2. The van der Waals surface area contributed by atoms with E-state index in [1.165, 1.54) is 71.6 Å². The van der Waals surface area contributed by atoms with Gasteiger partial charge in [0.2, 0.25) is 6.04 Å². The van der Waals surface area contributed by atoms with Crippen molar-refractivity contribution in [2.24, 2.45) is 0 Å². The second-order valence-electron chi connectivity index (χ2n) is 11.2. The Hall–Kier alpha value is -5.47. The number of hydrogen-bond acceptors (Lipinski definition) is 0. The molecule has 2 heterocycles. The molecule has 0 aliphatic heterocycles. The smallest absolute Gasteiger partial charge is 0.210 e. The second kappa shape index (κ2) is 9.02. The first-order valence-corrected chi connectivity index (χ1v) is 14.6. The van der Waals surface area contributed by atoms with Gasteiger partial charge in [0.1, 0.15) is 0 Å². The zero-order valence-electron chi connectivity index (χ0n) is 23.0. The number of pyridine rings is 1. The first-order chi connectivity index (χ1) is 20.8. The molecular formula is C40H27N2+. The summed E-state index contributed by atoms with van der Waals surface area (Å²) >= 11 is 0. The summed E-state index contributed by atoms with van der Waals surface area (Å²) in [4.78, 5) is 0. The highest BCUT2D eigenvalue weighted by Crippen LogP contribution is 2.45. The zero-order valence-corrected chi connectivity index (χ0v) is 23.0. The molecule has 0 radical (unpaired) electrons. The van der Waals surface area contributed by atoms with Crippen molar-refractivity contribution in [2.75, 3.05) is 0 Å². The van der Waals surface area contributed by atoms with E-state index in [9.17, 15) is 0 Å². The van der Waals surface area contributed by atoms with Crippen LogP contribution in [0.15, 0.2) is 158 Å². The zero-order chi connectivity index (χ0) is 27.6. The monoisotopic (exact) mass is 535 g/mol. The average Bonchev–Trinajstić information content (AvgIpc) is 3.57. The van der Waals surface area contributed by atoms with Gasteiger partial charge in [-0.3, -0.25) is 0 Å². The fourth-order valence-electron chi connectivity index (χ4n) is 7.01. The highest BCUT2D eigenvalue weighted by atomic mass is 15.0. The molecule has 1 atom stereocenters. The molecule has 0 fully saturated rings. The van der Waals surface area contributed by atoms with Crippen LogP contribution in [0.5, 0.6) is 0 Å². The van der Waals surface area contributed by atoms with E-state index in [2.05, 4.69) is 167 Å². The SMILES string of the molecule is c1cc[n+](C2c3ccccc3-c3cc(-c4ccc5c(c4)c4ccccc4n5-c4ccc5ccccc5c4)ccc32)cc1. The minimum Gasteiger partial charge on any atom is -0.309 e. The van der Waals surface area contributed by atoms with Crippen molar-refractivity contribution in [2.45, 2.75) is 6.04 Å². The summed E-state index contributed by atoms with van der Waals surface area (Å²) in [6, 6.07) is 53.4. The van der Waals surface area contributed by atoms with Crippen LogP contribution in [0.3, 0.4) is 0 Å². The van der Waals surface area contributed by atoms with Crippen molar-refractivity contribution in [1.82, 2.24) is 4.57 Å². The standard InChI is InChI=1S/C40H27N2/c1-8-22-41(23-9-1)40-34-14-5-4-12-32(34)36-25-29(17-20-35(36)40)30-18-21-39-37(26-30)33-13-6-7-15-38(33)42(39)31-19-16-27-10-2-3-11-28(27)24-31/h1-26,40H/q+1. The van der Waals surface area contributed by atoms with Crippen LogP contribution in [0.25, 0.3) is 60.5 Å². The Bertz CT molecular complexity index is 2310. The Kier molecular flexibility index (Phi) is 4.99. The average molecular weight is 536 g/mol. The summed E-state index contributed by atoms with van der Waals surface area (Å²) in [5.41, 5.74) is 11.5. The summed E-state index contributed by atoms with van der Waals surface area (Å²) in [6.07, 6.45) is 4.34. The fourth-order valence-corrected chi connectivity index (χ4v) is 7.01. The molecule has 0 saturated heterocycles. The summed E-state index contributed by atoms with van der Waals surface area (Å²) in [5, 5.41) is 5.06. The molecule has 196 valence electrons. The molecule has 0 N–H and O–H groups in total. The van der Waals surface area contributed by atoms with Crippen molar-refractivity contribution >= 4 is 32.6 Å². The number of rotatable bonds is 3. The van der Waals surface area contributed by atoms with E-state index in [0.29, 0.717) is 0 Å². The summed E-state index contributed by atoms with van der Waals surface area (Å²) in [5.74, 6) is 0. The van der Waals surface area contributed by atoms with E-state index < -0.39 is 0 Å². The number of benzene rings is 6. The van der Waals surface area contributed by atoms with Crippen LogP contribution in [0.4, 0.5) is 0 Å². The largest absolute Gasteiger partial charge is 0.309 e. The van der Waals surface area contributed by atoms with Gasteiger partial charge in [-0.05, 0) is 69.4 Å². The Labute approximate surface area is 244 Å². The van der Waals surface area contributed by atoms with Crippen LogP contribution in [0, 0.1) is 0 Å². The number of aromatic nitrogens is 2. The lowest BCUT2D eigenvalue weighted by molar-refractivity contribution is -0.704.